The minimum atomic E-state index is 0.0570. The van der Waals surface area contributed by atoms with Crippen molar-refractivity contribution >= 4 is 17.5 Å². The normalized spacial score (nSPS) is 19.4. The van der Waals surface area contributed by atoms with Crippen molar-refractivity contribution in [3.8, 4) is 0 Å². The number of benzene rings is 1. The molecular formula is C16H20N2O2. The van der Waals surface area contributed by atoms with Gasteiger partial charge in [0.1, 0.15) is 0 Å². The Morgan fingerprint density at radius 3 is 2.75 bits per heavy atom. The summed E-state index contributed by atoms with van der Waals surface area (Å²) in [5.74, 6) is 0.899. The van der Waals surface area contributed by atoms with E-state index in [1.807, 2.05) is 23.1 Å². The molecule has 2 heterocycles. The van der Waals surface area contributed by atoms with Crippen LogP contribution in [0.2, 0.25) is 0 Å². The van der Waals surface area contributed by atoms with Crippen molar-refractivity contribution in [3.05, 3.63) is 29.3 Å². The molecule has 0 bridgehead atoms. The van der Waals surface area contributed by atoms with Crippen LogP contribution in [-0.4, -0.2) is 29.8 Å². The minimum absolute atomic E-state index is 0.0570. The Bertz CT molecular complexity index is 545. The van der Waals surface area contributed by atoms with E-state index in [2.05, 4.69) is 12.2 Å². The Labute approximate surface area is 119 Å². The minimum Gasteiger partial charge on any atom is -0.339 e. The van der Waals surface area contributed by atoms with E-state index in [1.54, 1.807) is 0 Å². The molecule has 20 heavy (non-hydrogen) atoms. The molecule has 4 nitrogen and oxygen atoms in total. The molecule has 0 aliphatic carbocycles. The molecule has 0 aromatic heterocycles. The zero-order chi connectivity index (χ0) is 14.1. The molecule has 0 spiro atoms. The van der Waals surface area contributed by atoms with Crippen LogP contribution in [0.25, 0.3) is 0 Å². The van der Waals surface area contributed by atoms with Crippen LogP contribution < -0.4 is 5.32 Å². The highest BCUT2D eigenvalue weighted by atomic mass is 16.2. The molecule has 0 atom stereocenters. The lowest BCUT2D eigenvalue weighted by Gasteiger charge is -2.30. The summed E-state index contributed by atoms with van der Waals surface area (Å²) >= 11 is 0. The fourth-order valence-corrected chi connectivity index (χ4v) is 2.91. The number of nitrogens with one attached hydrogen (secondary N) is 1. The van der Waals surface area contributed by atoms with Crippen molar-refractivity contribution in [1.82, 2.24) is 4.90 Å². The predicted molar refractivity (Wildman–Crippen MR) is 77.7 cm³/mol. The summed E-state index contributed by atoms with van der Waals surface area (Å²) in [6.07, 6.45) is 3.41. The van der Waals surface area contributed by atoms with Crippen LogP contribution in [0.5, 0.6) is 0 Å². The zero-order valence-electron chi connectivity index (χ0n) is 11.8. The molecule has 2 aliphatic rings. The quantitative estimate of drug-likeness (QED) is 0.853. The van der Waals surface area contributed by atoms with Gasteiger partial charge in [0.2, 0.25) is 5.91 Å². The molecule has 1 N–H and O–H groups in total. The number of likely N-dealkylation sites (tertiary alicyclic amines) is 1. The Kier molecular flexibility index (Phi) is 3.47. The first kappa shape index (κ1) is 13.2. The summed E-state index contributed by atoms with van der Waals surface area (Å²) in [6, 6.07) is 5.62. The molecule has 1 fully saturated rings. The Balaban J connectivity index is 1.77. The van der Waals surface area contributed by atoms with E-state index in [0.717, 1.165) is 55.1 Å². The first-order chi connectivity index (χ1) is 9.63. The number of piperidine rings is 1. The van der Waals surface area contributed by atoms with Crippen molar-refractivity contribution in [2.45, 2.75) is 32.6 Å². The maximum absolute atomic E-state index is 12.5. The highest BCUT2D eigenvalue weighted by Gasteiger charge is 2.23. The molecule has 1 aromatic rings. The second kappa shape index (κ2) is 5.27. The zero-order valence-corrected chi connectivity index (χ0v) is 11.8. The van der Waals surface area contributed by atoms with Crippen LogP contribution in [0.15, 0.2) is 18.2 Å². The molecule has 2 amide bonds. The summed E-state index contributed by atoms with van der Waals surface area (Å²) in [5, 5.41) is 2.85. The molecule has 4 heteroatoms. The van der Waals surface area contributed by atoms with Gasteiger partial charge in [0.15, 0.2) is 0 Å². The van der Waals surface area contributed by atoms with Gasteiger partial charge in [-0.1, -0.05) is 6.92 Å². The molecule has 0 unspecified atom stereocenters. The van der Waals surface area contributed by atoms with E-state index >= 15 is 0 Å². The fourth-order valence-electron chi connectivity index (χ4n) is 2.91. The van der Waals surface area contributed by atoms with Crippen molar-refractivity contribution in [2.75, 3.05) is 18.4 Å². The summed E-state index contributed by atoms with van der Waals surface area (Å²) in [4.78, 5) is 25.8. The lowest BCUT2D eigenvalue weighted by molar-refractivity contribution is -0.116. The standard InChI is InChI=1S/C16H20N2O2/c1-11-6-8-18(9-7-11)16(20)13-2-4-14-12(10-13)3-5-15(19)17-14/h2,4,10-11H,3,5-9H2,1H3,(H,17,19). The van der Waals surface area contributed by atoms with Crippen LogP contribution in [0.3, 0.4) is 0 Å². The van der Waals surface area contributed by atoms with Gasteiger partial charge in [-0.2, -0.15) is 0 Å². The third-order valence-corrected chi connectivity index (χ3v) is 4.32. The monoisotopic (exact) mass is 272 g/mol. The summed E-state index contributed by atoms with van der Waals surface area (Å²) in [7, 11) is 0. The molecule has 1 aromatic carbocycles. The maximum atomic E-state index is 12.5. The summed E-state index contributed by atoms with van der Waals surface area (Å²) < 4.78 is 0. The average molecular weight is 272 g/mol. The summed E-state index contributed by atoms with van der Waals surface area (Å²) in [6.45, 7) is 3.95. The number of carbonyl (C=O) groups is 2. The number of aryl methyl sites for hydroxylation is 1. The van der Waals surface area contributed by atoms with Gasteiger partial charge in [-0.25, -0.2) is 0 Å². The number of amides is 2. The molecule has 106 valence electrons. The second-order valence-corrected chi connectivity index (χ2v) is 5.89. The maximum Gasteiger partial charge on any atom is 0.253 e. The number of fused-ring (bicyclic) bond motifs is 1. The Morgan fingerprint density at radius 1 is 1.25 bits per heavy atom. The van der Waals surface area contributed by atoms with Gasteiger partial charge in [-0.05, 0) is 48.9 Å². The molecule has 3 rings (SSSR count). The largest absolute Gasteiger partial charge is 0.339 e. The third-order valence-electron chi connectivity index (χ3n) is 4.32. The van der Waals surface area contributed by atoms with Gasteiger partial charge in [0.05, 0.1) is 0 Å². The lowest BCUT2D eigenvalue weighted by Crippen LogP contribution is -2.38. The SMILES string of the molecule is CC1CCN(C(=O)c2ccc3c(c2)CCC(=O)N3)CC1. The number of hydrogen-bond donors (Lipinski definition) is 1. The van der Waals surface area contributed by atoms with Gasteiger partial charge in [0.25, 0.3) is 5.91 Å². The van der Waals surface area contributed by atoms with Gasteiger partial charge in [0, 0.05) is 30.8 Å². The first-order valence-corrected chi connectivity index (χ1v) is 7.35. The Hall–Kier alpha value is -1.84. The van der Waals surface area contributed by atoms with Gasteiger partial charge in [-0.15, -0.1) is 0 Å². The first-order valence-electron chi connectivity index (χ1n) is 7.35. The molecule has 2 aliphatic heterocycles. The van der Waals surface area contributed by atoms with Gasteiger partial charge < -0.3 is 10.2 Å². The highest BCUT2D eigenvalue weighted by molar-refractivity contribution is 5.98. The van der Waals surface area contributed by atoms with E-state index in [4.69, 9.17) is 0 Å². The second-order valence-electron chi connectivity index (χ2n) is 5.89. The number of carbonyl (C=O) groups excluding carboxylic acids is 2. The van der Waals surface area contributed by atoms with E-state index in [9.17, 15) is 9.59 Å². The summed E-state index contributed by atoms with van der Waals surface area (Å²) in [5.41, 5.74) is 2.67. The number of nitrogens with zero attached hydrogens (tertiary/aromatic N) is 1. The molecule has 0 saturated carbocycles. The van der Waals surface area contributed by atoms with Crippen LogP contribution >= 0.6 is 0 Å². The Morgan fingerprint density at radius 2 is 2.00 bits per heavy atom. The predicted octanol–water partition coefficient (Wildman–Crippen LogP) is 2.44. The van der Waals surface area contributed by atoms with Crippen molar-refractivity contribution in [1.29, 1.82) is 0 Å². The fraction of sp³-hybridized carbons (Fsp3) is 0.500. The third kappa shape index (κ3) is 2.55. The molecule has 0 radical (unpaired) electrons. The molecular weight excluding hydrogens is 252 g/mol. The van der Waals surface area contributed by atoms with Crippen LogP contribution in [0, 0.1) is 5.92 Å². The van der Waals surface area contributed by atoms with Gasteiger partial charge >= 0.3 is 0 Å². The van der Waals surface area contributed by atoms with Crippen molar-refractivity contribution in [3.63, 3.8) is 0 Å². The van der Waals surface area contributed by atoms with Crippen molar-refractivity contribution < 1.29 is 9.59 Å². The van der Waals surface area contributed by atoms with Crippen LogP contribution in [0.4, 0.5) is 5.69 Å². The smallest absolute Gasteiger partial charge is 0.253 e. The average Bonchev–Trinajstić information content (AvgIpc) is 2.47. The van der Waals surface area contributed by atoms with Gasteiger partial charge in [-0.3, -0.25) is 9.59 Å². The topological polar surface area (TPSA) is 49.4 Å². The van der Waals surface area contributed by atoms with E-state index in [0.29, 0.717) is 6.42 Å². The van der Waals surface area contributed by atoms with Crippen LogP contribution in [-0.2, 0) is 11.2 Å². The molecule has 1 saturated heterocycles. The van der Waals surface area contributed by atoms with Crippen molar-refractivity contribution in [2.24, 2.45) is 5.92 Å². The number of hydrogen-bond acceptors (Lipinski definition) is 2. The van der Waals surface area contributed by atoms with E-state index < -0.39 is 0 Å². The van der Waals surface area contributed by atoms with Crippen LogP contribution in [0.1, 0.15) is 42.1 Å². The van der Waals surface area contributed by atoms with E-state index in [1.165, 1.54) is 0 Å². The number of anilines is 1. The van der Waals surface area contributed by atoms with E-state index in [-0.39, 0.29) is 11.8 Å². The highest BCUT2D eigenvalue weighted by Crippen LogP contribution is 2.25. The lowest BCUT2D eigenvalue weighted by atomic mass is 9.97. The number of rotatable bonds is 1.